The number of halogens is 1. The number of carbonyl (C=O) groups excluding carboxylic acids is 1. The Labute approximate surface area is 155 Å². The van der Waals surface area contributed by atoms with Crippen LogP contribution in [-0.4, -0.2) is 30.9 Å². The minimum Gasteiger partial charge on any atom is -0.328 e. The summed E-state index contributed by atoms with van der Waals surface area (Å²) in [6.45, 7) is 14.3. The van der Waals surface area contributed by atoms with Crippen molar-refractivity contribution in [3.8, 4) is 0 Å². The normalized spacial score (nSPS) is 13.4. The smallest absolute Gasteiger partial charge is 0.211 e. The first-order valence-electron chi connectivity index (χ1n) is 9.17. The summed E-state index contributed by atoms with van der Waals surface area (Å²) in [6.07, 6.45) is 7.77. The molecular formula is C20H37ClN2O. The van der Waals surface area contributed by atoms with E-state index in [4.69, 9.17) is 0 Å². The van der Waals surface area contributed by atoms with Crippen LogP contribution in [0.5, 0.6) is 0 Å². The summed E-state index contributed by atoms with van der Waals surface area (Å²) in [4.78, 5) is 12.8. The highest BCUT2D eigenvalue weighted by Gasteiger charge is 2.07. The van der Waals surface area contributed by atoms with Crippen LogP contribution in [-0.2, 0) is 4.79 Å². The number of nitrogens with one attached hydrogen (secondary N) is 1. The number of piperidine rings is 1. The van der Waals surface area contributed by atoms with E-state index in [-0.39, 0.29) is 12.4 Å². The van der Waals surface area contributed by atoms with E-state index in [9.17, 15) is 4.79 Å². The van der Waals surface area contributed by atoms with Crippen molar-refractivity contribution in [2.24, 2.45) is 0 Å². The van der Waals surface area contributed by atoms with Crippen molar-refractivity contribution >= 4 is 24.5 Å². The predicted molar refractivity (Wildman–Crippen MR) is 109 cm³/mol. The van der Waals surface area contributed by atoms with Gasteiger partial charge in [-0.3, -0.25) is 4.79 Å². The molecule has 0 spiro atoms. The third-order valence-corrected chi connectivity index (χ3v) is 3.96. The molecule has 3 nitrogen and oxygen atoms in total. The van der Waals surface area contributed by atoms with Crippen molar-refractivity contribution in [3.05, 3.63) is 29.3 Å². The average molecular weight is 357 g/mol. The molecule has 1 aliphatic heterocycles. The Hall–Kier alpha value is -1.06. The first-order valence-corrected chi connectivity index (χ1v) is 9.17. The van der Waals surface area contributed by atoms with E-state index in [0.29, 0.717) is 6.41 Å². The van der Waals surface area contributed by atoms with Crippen molar-refractivity contribution in [2.75, 3.05) is 25.0 Å². The first kappa shape index (κ1) is 25.2. The maximum Gasteiger partial charge on any atom is 0.211 e. The molecule has 4 heteroatoms. The Morgan fingerprint density at radius 2 is 1.62 bits per heavy atom. The fourth-order valence-electron chi connectivity index (χ4n) is 2.67. The number of amides is 1. The van der Waals surface area contributed by atoms with Gasteiger partial charge in [-0.15, -0.1) is 12.4 Å². The highest BCUT2D eigenvalue weighted by molar-refractivity contribution is 5.85. The van der Waals surface area contributed by atoms with Crippen LogP contribution in [0.3, 0.4) is 0 Å². The van der Waals surface area contributed by atoms with Crippen molar-refractivity contribution in [3.63, 3.8) is 0 Å². The summed E-state index contributed by atoms with van der Waals surface area (Å²) in [6, 6.07) is 5.91. The largest absolute Gasteiger partial charge is 0.328 e. The van der Waals surface area contributed by atoms with Crippen molar-refractivity contribution in [2.45, 2.75) is 66.7 Å². The average Bonchev–Trinajstić information content (AvgIpc) is 2.60. The lowest BCUT2D eigenvalue weighted by atomic mass is 10.1. The molecule has 1 aromatic rings. The molecule has 0 saturated carbocycles. The van der Waals surface area contributed by atoms with Crippen LogP contribution in [0.4, 0.5) is 5.69 Å². The van der Waals surface area contributed by atoms with E-state index in [1.165, 1.54) is 51.7 Å². The summed E-state index contributed by atoms with van der Waals surface area (Å²) >= 11 is 0. The second-order valence-electron chi connectivity index (χ2n) is 5.78. The van der Waals surface area contributed by atoms with E-state index in [2.05, 4.69) is 17.1 Å². The van der Waals surface area contributed by atoms with Crippen LogP contribution in [0.25, 0.3) is 0 Å². The van der Waals surface area contributed by atoms with E-state index in [1.54, 1.807) is 0 Å². The Bertz CT molecular complexity index is 398. The maximum atomic E-state index is 10.2. The maximum absolute atomic E-state index is 10.2. The van der Waals surface area contributed by atoms with E-state index in [0.717, 1.165) is 16.8 Å². The zero-order chi connectivity index (χ0) is 17.5. The van der Waals surface area contributed by atoms with Gasteiger partial charge < -0.3 is 10.2 Å². The standard InChI is InChI=1S/C9H11NO.C9H19N.C2H6.ClH/c1-7-4-3-5-8(2)9(7)10-6-11;1-2-3-7-10-8-5-4-6-9-10;1-2;/h3-6H,1-2H3,(H,10,11);2-9H2,1H3;1-2H3;1H. The van der Waals surface area contributed by atoms with Crippen molar-refractivity contribution in [1.29, 1.82) is 0 Å². The van der Waals surface area contributed by atoms with Crippen LogP contribution in [0, 0.1) is 13.8 Å². The Kier molecular flexibility index (Phi) is 17.6. The van der Waals surface area contributed by atoms with Gasteiger partial charge in [0.15, 0.2) is 0 Å². The summed E-state index contributed by atoms with van der Waals surface area (Å²) < 4.78 is 0. The van der Waals surface area contributed by atoms with Crippen LogP contribution >= 0.6 is 12.4 Å². The van der Waals surface area contributed by atoms with Gasteiger partial charge >= 0.3 is 0 Å². The molecule has 0 radical (unpaired) electrons. The molecule has 2 rings (SSSR count). The number of nitrogens with zero attached hydrogens (tertiary/aromatic N) is 1. The van der Waals surface area contributed by atoms with Gasteiger partial charge in [-0.05, 0) is 63.9 Å². The molecule has 140 valence electrons. The van der Waals surface area contributed by atoms with Gasteiger partial charge in [0.05, 0.1) is 0 Å². The zero-order valence-electron chi connectivity index (χ0n) is 16.2. The van der Waals surface area contributed by atoms with E-state index < -0.39 is 0 Å². The van der Waals surface area contributed by atoms with Crippen molar-refractivity contribution in [1.82, 2.24) is 4.90 Å². The molecule has 0 aliphatic carbocycles. The summed E-state index contributed by atoms with van der Waals surface area (Å²) in [5.41, 5.74) is 3.11. The molecule has 0 aromatic heterocycles. The topological polar surface area (TPSA) is 32.3 Å². The van der Waals surface area contributed by atoms with Crippen LogP contribution in [0.15, 0.2) is 18.2 Å². The van der Waals surface area contributed by atoms with Gasteiger partial charge in [0.25, 0.3) is 0 Å². The molecule has 1 amide bonds. The lowest BCUT2D eigenvalue weighted by molar-refractivity contribution is -0.105. The van der Waals surface area contributed by atoms with Crippen LogP contribution < -0.4 is 5.32 Å². The third kappa shape index (κ3) is 10.7. The van der Waals surface area contributed by atoms with Gasteiger partial charge in [-0.25, -0.2) is 0 Å². The van der Waals surface area contributed by atoms with Crippen LogP contribution in [0.2, 0.25) is 0 Å². The minimum absolute atomic E-state index is 0. The highest BCUT2D eigenvalue weighted by Crippen LogP contribution is 2.17. The molecule has 1 heterocycles. The number of unbranched alkanes of at least 4 members (excludes halogenated alkanes) is 1. The van der Waals surface area contributed by atoms with E-state index >= 15 is 0 Å². The molecule has 1 saturated heterocycles. The predicted octanol–water partition coefficient (Wildman–Crippen LogP) is 5.59. The zero-order valence-corrected chi connectivity index (χ0v) is 17.0. The number of rotatable bonds is 5. The number of aryl methyl sites for hydroxylation is 2. The highest BCUT2D eigenvalue weighted by atomic mass is 35.5. The Morgan fingerprint density at radius 1 is 1.08 bits per heavy atom. The molecular weight excluding hydrogens is 320 g/mol. The van der Waals surface area contributed by atoms with Crippen molar-refractivity contribution < 1.29 is 4.79 Å². The van der Waals surface area contributed by atoms with Gasteiger partial charge in [-0.1, -0.05) is 51.8 Å². The summed E-state index contributed by atoms with van der Waals surface area (Å²) in [7, 11) is 0. The fraction of sp³-hybridized carbons (Fsp3) is 0.650. The number of hydrogen-bond acceptors (Lipinski definition) is 2. The van der Waals surface area contributed by atoms with Gasteiger partial charge in [-0.2, -0.15) is 0 Å². The molecule has 0 atom stereocenters. The van der Waals surface area contributed by atoms with Gasteiger partial charge in [0, 0.05) is 5.69 Å². The number of carbonyl (C=O) groups is 1. The Balaban J connectivity index is 0. The summed E-state index contributed by atoms with van der Waals surface area (Å²) in [5.74, 6) is 0. The van der Waals surface area contributed by atoms with Crippen LogP contribution in [0.1, 0.15) is 64.0 Å². The SMILES string of the molecule is CC.CCCCN1CCCCC1.Cc1cccc(C)c1NC=O.Cl. The molecule has 0 bridgehead atoms. The quantitative estimate of drug-likeness (QED) is 0.697. The molecule has 1 aromatic carbocycles. The number of likely N-dealkylation sites (tertiary alicyclic amines) is 1. The lowest BCUT2D eigenvalue weighted by Gasteiger charge is -2.25. The van der Waals surface area contributed by atoms with Gasteiger partial charge in [0.1, 0.15) is 0 Å². The molecule has 0 unspecified atom stereocenters. The minimum atomic E-state index is 0. The fourth-order valence-corrected chi connectivity index (χ4v) is 2.67. The summed E-state index contributed by atoms with van der Waals surface area (Å²) in [5, 5.41) is 2.66. The second kappa shape index (κ2) is 16.8. The number of para-hydroxylation sites is 1. The molecule has 1 N–H and O–H groups in total. The number of benzene rings is 1. The lowest BCUT2D eigenvalue weighted by Crippen LogP contribution is -2.30. The molecule has 24 heavy (non-hydrogen) atoms. The Morgan fingerprint density at radius 3 is 2.08 bits per heavy atom. The second-order valence-corrected chi connectivity index (χ2v) is 5.78. The van der Waals surface area contributed by atoms with Gasteiger partial charge in [0.2, 0.25) is 6.41 Å². The number of hydrogen-bond donors (Lipinski definition) is 1. The molecule has 1 aliphatic rings. The third-order valence-electron chi connectivity index (χ3n) is 3.96. The molecule has 1 fully saturated rings. The van der Waals surface area contributed by atoms with E-state index in [1.807, 2.05) is 45.9 Å². The number of anilines is 1. The monoisotopic (exact) mass is 356 g/mol. The first-order chi connectivity index (χ1) is 11.2.